The third-order valence-electron chi connectivity index (χ3n) is 16.7. The number of unbranched alkanes of at least 4 members (excludes halogenated alkanes) is 52. The number of carbonyl (C=O) groups excluding carboxylic acids is 2. The highest BCUT2D eigenvalue weighted by Gasteiger charge is 2.20. The number of esters is 1. The van der Waals surface area contributed by atoms with Crippen LogP contribution in [0.5, 0.6) is 0 Å². The summed E-state index contributed by atoms with van der Waals surface area (Å²) in [5.41, 5.74) is 0. The molecule has 0 bridgehead atoms. The van der Waals surface area contributed by atoms with Crippen molar-refractivity contribution in [1.29, 1.82) is 0 Å². The van der Waals surface area contributed by atoms with Crippen LogP contribution in [-0.2, 0) is 14.3 Å². The average Bonchev–Trinajstić information content (AvgIpc) is 3.44. The molecule has 3 N–H and O–H groups in total. The fourth-order valence-electron chi connectivity index (χ4n) is 11.3. The molecule has 6 heteroatoms. The second-order valence-corrected chi connectivity index (χ2v) is 24.6. The van der Waals surface area contributed by atoms with Gasteiger partial charge in [-0.25, -0.2) is 0 Å². The summed E-state index contributed by atoms with van der Waals surface area (Å²) in [7, 11) is 0. The molecular formula is C72H139NO5. The van der Waals surface area contributed by atoms with Crippen molar-refractivity contribution in [3.05, 3.63) is 24.3 Å². The van der Waals surface area contributed by atoms with E-state index in [0.717, 1.165) is 44.9 Å². The molecule has 6 nitrogen and oxygen atoms in total. The molecule has 0 fully saturated rings. The summed E-state index contributed by atoms with van der Waals surface area (Å²) in [5.74, 6) is -0.0272. The largest absolute Gasteiger partial charge is 0.466 e. The van der Waals surface area contributed by atoms with E-state index < -0.39 is 12.1 Å². The first-order valence-electron chi connectivity index (χ1n) is 35.6. The third-order valence-corrected chi connectivity index (χ3v) is 16.7. The van der Waals surface area contributed by atoms with E-state index in [0.29, 0.717) is 25.9 Å². The van der Waals surface area contributed by atoms with Gasteiger partial charge in [0.15, 0.2) is 0 Å². The quantitative estimate of drug-likeness (QED) is 0.0320. The lowest BCUT2D eigenvalue weighted by Gasteiger charge is -2.22. The van der Waals surface area contributed by atoms with E-state index in [1.54, 1.807) is 0 Å². The summed E-state index contributed by atoms with van der Waals surface area (Å²) < 4.78 is 5.47. The molecule has 462 valence electrons. The van der Waals surface area contributed by atoms with Crippen LogP contribution in [0.3, 0.4) is 0 Å². The standard InChI is InChI=1S/C72H139NO5/c1-3-5-7-9-11-13-15-17-18-19-20-21-26-29-32-35-38-41-44-48-52-56-60-64-70(75)69(68-74)73-71(76)65-61-57-53-49-45-42-39-36-33-30-27-24-22-23-25-28-31-34-37-40-43-47-51-55-59-63-67-78-72(77)66-62-58-54-50-46-16-14-12-10-8-6-4-2/h12,14,22,24,69-70,74-75H,3-11,13,15-21,23,25-68H2,1-2H3,(H,73,76)/b14-12-,24-22-. The molecule has 0 aromatic heterocycles. The summed E-state index contributed by atoms with van der Waals surface area (Å²) >= 11 is 0. The highest BCUT2D eigenvalue weighted by molar-refractivity contribution is 5.76. The van der Waals surface area contributed by atoms with Crippen molar-refractivity contribution in [2.24, 2.45) is 0 Å². The summed E-state index contributed by atoms with van der Waals surface area (Å²) in [4.78, 5) is 24.6. The fourth-order valence-corrected chi connectivity index (χ4v) is 11.3. The molecule has 0 heterocycles. The molecule has 0 spiro atoms. The van der Waals surface area contributed by atoms with Gasteiger partial charge in [-0.05, 0) is 77.0 Å². The molecule has 0 aliphatic heterocycles. The molecule has 0 radical (unpaired) electrons. The van der Waals surface area contributed by atoms with Crippen LogP contribution in [0.1, 0.15) is 399 Å². The van der Waals surface area contributed by atoms with Crippen LogP contribution in [0.2, 0.25) is 0 Å². The average molecular weight is 1100 g/mol. The van der Waals surface area contributed by atoms with E-state index in [-0.39, 0.29) is 18.5 Å². The normalized spacial score (nSPS) is 12.6. The van der Waals surface area contributed by atoms with E-state index in [1.807, 2.05) is 0 Å². The van der Waals surface area contributed by atoms with E-state index in [9.17, 15) is 19.8 Å². The zero-order valence-corrected chi connectivity index (χ0v) is 52.9. The van der Waals surface area contributed by atoms with E-state index in [2.05, 4.69) is 43.5 Å². The number of ether oxygens (including phenoxy) is 1. The minimum Gasteiger partial charge on any atom is -0.466 e. The Hall–Kier alpha value is -1.66. The molecule has 2 unspecified atom stereocenters. The Bertz CT molecular complexity index is 1220. The van der Waals surface area contributed by atoms with Gasteiger partial charge in [0.05, 0.1) is 25.4 Å². The Morgan fingerprint density at radius 2 is 0.603 bits per heavy atom. The summed E-state index contributed by atoms with van der Waals surface area (Å²) in [6.45, 7) is 4.96. The Kier molecular flexibility index (Phi) is 66.4. The van der Waals surface area contributed by atoms with Gasteiger partial charge >= 0.3 is 5.97 Å². The van der Waals surface area contributed by atoms with Gasteiger partial charge in [0.25, 0.3) is 0 Å². The lowest BCUT2D eigenvalue weighted by Crippen LogP contribution is -2.45. The Labute approximate surface area is 488 Å². The molecule has 0 aliphatic carbocycles. The predicted octanol–water partition coefficient (Wildman–Crippen LogP) is 22.9. The van der Waals surface area contributed by atoms with Crippen LogP contribution in [0.25, 0.3) is 0 Å². The first-order chi connectivity index (χ1) is 38.5. The topological polar surface area (TPSA) is 95.9 Å². The molecule has 0 saturated carbocycles. The zero-order chi connectivity index (χ0) is 56.4. The van der Waals surface area contributed by atoms with Gasteiger partial charge < -0.3 is 20.3 Å². The van der Waals surface area contributed by atoms with Crippen molar-refractivity contribution in [2.75, 3.05) is 13.2 Å². The number of hydrogen-bond acceptors (Lipinski definition) is 5. The fraction of sp³-hybridized carbons (Fsp3) is 0.917. The highest BCUT2D eigenvalue weighted by atomic mass is 16.5. The minimum absolute atomic E-state index is 0.00496. The molecular weight excluding hydrogens is 959 g/mol. The SMILES string of the molecule is CCCCC/C=C\CCCCCCCC(=O)OCCCCCCCCCCCCCC/C=C\CCCCCCCCCCCCC(=O)NC(CO)C(O)CCCCCCCCCCCCCCCCCCCCCCCCC. The first kappa shape index (κ1) is 76.3. The van der Waals surface area contributed by atoms with Gasteiger partial charge in [-0.3, -0.25) is 9.59 Å². The third kappa shape index (κ3) is 63.5. The maximum Gasteiger partial charge on any atom is 0.305 e. The first-order valence-corrected chi connectivity index (χ1v) is 35.6. The number of allylic oxidation sites excluding steroid dienone is 4. The number of hydrogen-bond donors (Lipinski definition) is 3. The van der Waals surface area contributed by atoms with Crippen molar-refractivity contribution in [2.45, 2.75) is 411 Å². The second-order valence-electron chi connectivity index (χ2n) is 24.6. The lowest BCUT2D eigenvalue weighted by molar-refractivity contribution is -0.143. The number of amides is 1. The van der Waals surface area contributed by atoms with Crippen molar-refractivity contribution in [1.82, 2.24) is 5.32 Å². The number of nitrogens with one attached hydrogen (secondary N) is 1. The second kappa shape index (κ2) is 67.8. The van der Waals surface area contributed by atoms with Crippen LogP contribution in [0.4, 0.5) is 0 Å². The Morgan fingerprint density at radius 3 is 0.936 bits per heavy atom. The Balaban J connectivity index is 3.39. The monoisotopic (exact) mass is 1100 g/mol. The number of aliphatic hydroxyl groups is 2. The van der Waals surface area contributed by atoms with Gasteiger partial charge in [0.1, 0.15) is 0 Å². The van der Waals surface area contributed by atoms with Crippen LogP contribution >= 0.6 is 0 Å². The van der Waals surface area contributed by atoms with Crippen LogP contribution < -0.4 is 5.32 Å². The van der Waals surface area contributed by atoms with Crippen LogP contribution in [0, 0.1) is 0 Å². The predicted molar refractivity (Wildman–Crippen MR) is 343 cm³/mol. The molecule has 78 heavy (non-hydrogen) atoms. The van der Waals surface area contributed by atoms with Crippen molar-refractivity contribution < 1.29 is 24.5 Å². The molecule has 0 saturated heterocycles. The van der Waals surface area contributed by atoms with Gasteiger partial charge in [-0.15, -0.1) is 0 Å². The molecule has 0 aromatic rings. The highest BCUT2D eigenvalue weighted by Crippen LogP contribution is 2.19. The van der Waals surface area contributed by atoms with Crippen molar-refractivity contribution >= 4 is 11.9 Å². The van der Waals surface area contributed by atoms with Gasteiger partial charge in [0, 0.05) is 12.8 Å². The zero-order valence-electron chi connectivity index (χ0n) is 52.9. The molecule has 0 rings (SSSR count). The summed E-state index contributed by atoms with van der Waals surface area (Å²) in [6, 6.07) is -0.544. The van der Waals surface area contributed by atoms with E-state index >= 15 is 0 Å². The summed E-state index contributed by atoms with van der Waals surface area (Å²) in [5, 5.41) is 23.4. The Morgan fingerprint density at radius 1 is 0.346 bits per heavy atom. The number of carbonyl (C=O) groups is 2. The smallest absolute Gasteiger partial charge is 0.305 e. The van der Waals surface area contributed by atoms with E-state index in [1.165, 1.54) is 321 Å². The van der Waals surface area contributed by atoms with Crippen LogP contribution in [0.15, 0.2) is 24.3 Å². The lowest BCUT2D eigenvalue weighted by atomic mass is 10.0. The maximum atomic E-state index is 12.6. The van der Waals surface area contributed by atoms with Crippen molar-refractivity contribution in [3.63, 3.8) is 0 Å². The van der Waals surface area contributed by atoms with Crippen molar-refractivity contribution in [3.8, 4) is 0 Å². The number of aliphatic hydroxyl groups excluding tert-OH is 2. The molecule has 0 aromatic carbocycles. The maximum absolute atomic E-state index is 12.6. The molecule has 2 atom stereocenters. The number of rotatable bonds is 67. The molecule has 0 aliphatic rings. The van der Waals surface area contributed by atoms with Gasteiger partial charge in [-0.1, -0.05) is 334 Å². The minimum atomic E-state index is -0.667. The van der Waals surface area contributed by atoms with Gasteiger partial charge in [-0.2, -0.15) is 0 Å². The summed E-state index contributed by atoms with van der Waals surface area (Å²) in [6.07, 6.45) is 85.1. The molecule has 1 amide bonds. The van der Waals surface area contributed by atoms with Gasteiger partial charge in [0.2, 0.25) is 5.91 Å². The van der Waals surface area contributed by atoms with Crippen LogP contribution in [-0.4, -0.2) is 47.4 Å². The van der Waals surface area contributed by atoms with E-state index in [4.69, 9.17) is 4.74 Å².